The summed E-state index contributed by atoms with van der Waals surface area (Å²) in [5, 5.41) is 9.83. The van der Waals surface area contributed by atoms with Gasteiger partial charge < -0.3 is 14.2 Å². The molecule has 12 heteroatoms. The molecule has 3 aromatic heterocycles. The van der Waals surface area contributed by atoms with Gasteiger partial charge >= 0.3 is 0 Å². The van der Waals surface area contributed by atoms with Gasteiger partial charge in [0.2, 0.25) is 0 Å². The lowest BCUT2D eigenvalue weighted by Gasteiger charge is -2.34. The van der Waals surface area contributed by atoms with E-state index in [1.54, 1.807) is 32.7 Å². The van der Waals surface area contributed by atoms with E-state index in [0.29, 0.717) is 53.5 Å². The zero-order chi connectivity index (χ0) is 26.8. The molecular weight excluding hydrogens is 526 g/mol. The molecule has 4 heterocycles. The van der Waals surface area contributed by atoms with Crippen molar-refractivity contribution in [2.75, 3.05) is 26.2 Å². The number of rotatable bonds is 6. The number of nitrogens with zero attached hydrogens (tertiary/aromatic N) is 7. The molecular formula is C26H26ClN7O3S. The van der Waals surface area contributed by atoms with Gasteiger partial charge in [0.1, 0.15) is 0 Å². The van der Waals surface area contributed by atoms with E-state index in [9.17, 15) is 9.59 Å². The van der Waals surface area contributed by atoms with E-state index in [1.165, 1.54) is 18.0 Å². The molecule has 0 radical (unpaired) electrons. The zero-order valence-corrected chi connectivity index (χ0v) is 22.8. The first-order valence-corrected chi connectivity index (χ1v) is 13.4. The van der Waals surface area contributed by atoms with Crippen LogP contribution in [-0.4, -0.2) is 72.8 Å². The monoisotopic (exact) mass is 551 g/mol. The van der Waals surface area contributed by atoms with Crippen LogP contribution in [0.1, 0.15) is 43.7 Å². The van der Waals surface area contributed by atoms with E-state index in [-0.39, 0.29) is 23.3 Å². The van der Waals surface area contributed by atoms with Crippen molar-refractivity contribution >= 4 is 35.2 Å². The molecule has 1 aliphatic heterocycles. The molecule has 0 bridgehead atoms. The molecule has 38 heavy (non-hydrogen) atoms. The van der Waals surface area contributed by atoms with Gasteiger partial charge in [0.25, 0.3) is 11.8 Å². The summed E-state index contributed by atoms with van der Waals surface area (Å²) < 4.78 is 6.88. The minimum absolute atomic E-state index is 0.185. The van der Waals surface area contributed by atoms with Gasteiger partial charge in [0.15, 0.2) is 16.6 Å². The summed E-state index contributed by atoms with van der Waals surface area (Å²) in [5.74, 6) is 0.239. The van der Waals surface area contributed by atoms with Crippen LogP contribution >= 0.6 is 23.4 Å². The fourth-order valence-corrected chi connectivity index (χ4v) is 5.34. The highest BCUT2D eigenvalue weighted by Crippen LogP contribution is 2.26. The predicted molar refractivity (Wildman–Crippen MR) is 143 cm³/mol. The van der Waals surface area contributed by atoms with Crippen LogP contribution in [0.25, 0.3) is 5.69 Å². The molecule has 1 aromatic carbocycles. The molecule has 0 spiro atoms. The summed E-state index contributed by atoms with van der Waals surface area (Å²) >= 11 is 7.80. The van der Waals surface area contributed by atoms with Crippen molar-refractivity contribution < 1.29 is 14.0 Å². The third kappa shape index (κ3) is 5.44. The number of benzene rings is 1. The summed E-state index contributed by atoms with van der Waals surface area (Å²) in [7, 11) is 0. The van der Waals surface area contributed by atoms with Crippen molar-refractivity contribution in [3.63, 3.8) is 0 Å². The molecule has 0 atom stereocenters. The molecule has 0 aliphatic carbocycles. The Hall–Kier alpha value is -3.70. The first-order valence-electron chi connectivity index (χ1n) is 12.1. The predicted octanol–water partition coefficient (Wildman–Crippen LogP) is 4.12. The van der Waals surface area contributed by atoms with Crippen LogP contribution < -0.4 is 0 Å². The molecule has 0 unspecified atom stereocenters. The summed E-state index contributed by atoms with van der Waals surface area (Å²) in [5.41, 5.74) is 4.26. The molecule has 0 saturated carbocycles. The quantitative estimate of drug-likeness (QED) is 0.260. The lowest BCUT2D eigenvalue weighted by Crippen LogP contribution is -2.50. The van der Waals surface area contributed by atoms with Crippen LogP contribution in [0, 0.1) is 20.8 Å². The smallest absolute Gasteiger partial charge is 0.289 e. The van der Waals surface area contributed by atoms with Crippen molar-refractivity contribution in [3.05, 3.63) is 81.8 Å². The number of aromatic nitrogens is 5. The fourth-order valence-electron chi connectivity index (χ4n) is 4.23. The van der Waals surface area contributed by atoms with Gasteiger partial charge in [0, 0.05) is 48.3 Å². The third-order valence-corrected chi connectivity index (χ3v) is 7.52. The van der Waals surface area contributed by atoms with Crippen molar-refractivity contribution in [3.8, 4) is 5.69 Å². The SMILES string of the molecule is Cc1cc(C)nc(SCc2c(C(=O)N3CCN(C(=O)c4ccco4)CC3)nnn2-c2ccc(C)c(Cl)c2)n1. The second-order valence-electron chi connectivity index (χ2n) is 9.01. The largest absolute Gasteiger partial charge is 0.459 e. The van der Waals surface area contributed by atoms with Gasteiger partial charge in [-0.25, -0.2) is 14.6 Å². The number of furan rings is 1. The van der Waals surface area contributed by atoms with Gasteiger partial charge in [-0.1, -0.05) is 34.6 Å². The maximum Gasteiger partial charge on any atom is 0.289 e. The topological polar surface area (TPSA) is 110 Å². The Morgan fingerprint density at radius 3 is 2.29 bits per heavy atom. The van der Waals surface area contributed by atoms with Gasteiger partial charge in [-0.3, -0.25) is 9.59 Å². The minimum atomic E-state index is -0.239. The number of aryl methyl sites for hydroxylation is 3. The van der Waals surface area contributed by atoms with Crippen molar-refractivity contribution in [2.45, 2.75) is 31.7 Å². The number of thioether (sulfide) groups is 1. The maximum atomic E-state index is 13.6. The second kappa shape index (κ2) is 11.0. The van der Waals surface area contributed by atoms with Gasteiger partial charge in [-0.05, 0) is 56.7 Å². The molecule has 0 N–H and O–H groups in total. The average molecular weight is 552 g/mol. The van der Waals surface area contributed by atoms with E-state index in [2.05, 4.69) is 20.3 Å². The van der Waals surface area contributed by atoms with Crippen molar-refractivity contribution in [1.82, 2.24) is 34.8 Å². The average Bonchev–Trinajstić information content (AvgIpc) is 3.58. The summed E-state index contributed by atoms with van der Waals surface area (Å²) in [4.78, 5) is 38.7. The summed E-state index contributed by atoms with van der Waals surface area (Å²) in [6, 6.07) is 10.8. The van der Waals surface area contributed by atoms with Crippen LogP contribution in [-0.2, 0) is 5.75 Å². The highest BCUT2D eigenvalue weighted by molar-refractivity contribution is 7.98. The highest BCUT2D eigenvalue weighted by atomic mass is 35.5. The molecule has 5 rings (SSSR count). The number of carbonyl (C=O) groups is 2. The Labute approximate surface area is 229 Å². The lowest BCUT2D eigenvalue weighted by atomic mass is 10.2. The maximum absolute atomic E-state index is 13.6. The van der Waals surface area contributed by atoms with Crippen LogP contribution in [0.3, 0.4) is 0 Å². The number of piperazine rings is 1. The number of carbonyl (C=O) groups excluding carboxylic acids is 2. The van der Waals surface area contributed by atoms with Crippen molar-refractivity contribution in [2.24, 2.45) is 0 Å². The Morgan fingerprint density at radius 2 is 1.66 bits per heavy atom. The molecule has 1 fully saturated rings. The zero-order valence-electron chi connectivity index (χ0n) is 21.2. The fraction of sp³-hybridized carbons (Fsp3) is 0.308. The highest BCUT2D eigenvalue weighted by Gasteiger charge is 2.30. The van der Waals surface area contributed by atoms with Gasteiger partial charge in [-0.15, -0.1) is 5.10 Å². The Kier molecular flexibility index (Phi) is 7.48. The molecule has 1 saturated heterocycles. The minimum Gasteiger partial charge on any atom is -0.459 e. The lowest BCUT2D eigenvalue weighted by molar-refractivity contribution is 0.0514. The van der Waals surface area contributed by atoms with Crippen molar-refractivity contribution in [1.29, 1.82) is 0 Å². The van der Waals surface area contributed by atoms with E-state index < -0.39 is 0 Å². The molecule has 1 aliphatic rings. The number of amides is 2. The Bertz CT molecular complexity index is 1460. The molecule has 10 nitrogen and oxygen atoms in total. The number of hydrogen-bond acceptors (Lipinski definition) is 8. The van der Waals surface area contributed by atoms with Crippen LogP contribution in [0.4, 0.5) is 0 Å². The van der Waals surface area contributed by atoms with E-state index >= 15 is 0 Å². The van der Waals surface area contributed by atoms with Crippen LogP contribution in [0.15, 0.2) is 52.2 Å². The van der Waals surface area contributed by atoms with E-state index in [4.69, 9.17) is 16.0 Å². The number of hydrogen-bond donors (Lipinski definition) is 0. The van der Waals surface area contributed by atoms with E-state index in [1.807, 2.05) is 39.0 Å². The second-order valence-corrected chi connectivity index (χ2v) is 10.4. The Balaban J connectivity index is 1.39. The molecule has 2 amide bonds. The van der Waals surface area contributed by atoms with E-state index in [0.717, 1.165) is 17.0 Å². The van der Waals surface area contributed by atoms with Gasteiger partial charge in [-0.2, -0.15) is 0 Å². The number of halogens is 1. The summed E-state index contributed by atoms with van der Waals surface area (Å²) in [6.45, 7) is 7.31. The standard InChI is InChI=1S/C26H26ClN7O3S/c1-16-6-7-19(14-20(16)27)34-21(15-38-26-28-17(2)13-18(3)29-26)23(30-31-34)25(36)33-10-8-32(9-11-33)24(35)22-5-4-12-37-22/h4-7,12-14H,8-11,15H2,1-3H3. The first kappa shape index (κ1) is 25.9. The summed E-state index contributed by atoms with van der Waals surface area (Å²) in [6.07, 6.45) is 1.47. The van der Waals surface area contributed by atoms with Crippen LogP contribution in [0.5, 0.6) is 0 Å². The normalized spacial score (nSPS) is 13.7. The molecule has 196 valence electrons. The first-order chi connectivity index (χ1) is 18.3. The molecule has 4 aromatic rings. The third-order valence-electron chi connectivity index (χ3n) is 6.25. The van der Waals surface area contributed by atoms with Gasteiger partial charge in [0.05, 0.1) is 17.6 Å². The van der Waals surface area contributed by atoms with Crippen LogP contribution in [0.2, 0.25) is 5.02 Å². The Morgan fingerprint density at radius 1 is 0.974 bits per heavy atom.